The first kappa shape index (κ1) is 17.7. The molecular weight excluding hydrogens is 364 g/mol. The van der Waals surface area contributed by atoms with E-state index in [0.717, 1.165) is 22.1 Å². The number of para-hydroxylation sites is 1. The largest absolute Gasteiger partial charge is 0.465 e. The Morgan fingerprint density at radius 2 is 1.83 bits per heavy atom. The van der Waals surface area contributed by atoms with Gasteiger partial charge in [-0.3, -0.25) is 4.99 Å². The lowest BCUT2D eigenvalue weighted by Crippen LogP contribution is -2.61. The Labute approximate surface area is 169 Å². The quantitative estimate of drug-likeness (QED) is 0.561. The average molecular weight is 386 g/mol. The lowest BCUT2D eigenvalue weighted by molar-refractivity contribution is 0.0603. The number of anilines is 1. The van der Waals surface area contributed by atoms with E-state index < -0.39 is 5.72 Å². The highest BCUT2D eigenvalue weighted by Gasteiger charge is 2.58. The van der Waals surface area contributed by atoms with Crippen LogP contribution in [0.4, 0.5) is 11.4 Å². The molecule has 1 atom stereocenters. The summed E-state index contributed by atoms with van der Waals surface area (Å²) in [6.07, 6.45) is 1.90. The van der Waals surface area contributed by atoms with Crippen LogP contribution in [0.5, 0.6) is 5.75 Å². The van der Waals surface area contributed by atoms with E-state index in [0.29, 0.717) is 11.3 Å². The maximum Gasteiger partial charge on any atom is 0.338 e. The third kappa shape index (κ3) is 2.15. The molecule has 0 aliphatic carbocycles. The van der Waals surface area contributed by atoms with Crippen LogP contribution < -0.4 is 9.64 Å². The molecule has 29 heavy (non-hydrogen) atoms. The summed E-state index contributed by atoms with van der Waals surface area (Å²) in [6, 6.07) is 17.7. The van der Waals surface area contributed by atoms with Crippen LogP contribution in [-0.4, -0.2) is 32.1 Å². The Balaban J connectivity index is 1.68. The van der Waals surface area contributed by atoms with Crippen LogP contribution in [0.1, 0.15) is 29.8 Å². The summed E-state index contributed by atoms with van der Waals surface area (Å²) in [5.74, 6) is 0.342. The standard InChI is InChI=1S/C24H22N2O3/c1-23(2)18-10-5-6-11-19(18)26(3)24(23)14-25-21-16-8-7-9-17(22(27)28-4)15(16)12-13-20(21)29-24/h5-14H,1-4H3. The Bertz CT molecular complexity index is 1200. The average Bonchev–Trinajstić information content (AvgIpc) is 2.91. The van der Waals surface area contributed by atoms with Gasteiger partial charge in [-0.2, -0.15) is 0 Å². The number of likely N-dealkylation sites (N-methyl/N-ethyl adjacent to an activating group) is 1. The summed E-state index contributed by atoms with van der Waals surface area (Å²) in [7, 11) is 3.43. The van der Waals surface area contributed by atoms with Crippen molar-refractivity contribution in [3.63, 3.8) is 0 Å². The summed E-state index contributed by atoms with van der Waals surface area (Å²) in [4.78, 5) is 19.2. The van der Waals surface area contributed by atoms with Crippen molar-refractivity contribution in [3.8, 4) is 5.75 Å². The van der Waals surface area contributed by atoms with Gasteiger partial charge < -0.3 is 14.4 Å². The molecular formula is C24H22N2O3. The third-order valence-electron chi connectivity index (χ3n) is 6.37. The monoisotopic (exact) mass is 386 g/mol. The minimum absolute atomic E-state index is 0.303. The molecule has 3 aromatic carbocycles. The molecule has 0 radical (unpaired) electrons. The SMILES string of the molecule is COC(=O)c1cccc2c3c(ccc12)OC1(C=N3)N(C)c2ccccc2C1(C)C. The number of fused-ring (bicyclic) bond motifs is 4. The highest BCUT2D eigenvalue weighted by molar-refractivity contribution is 6.09. The van der Waals surface area contributed by atoms with E-state index in [2.05, 4.69) is 36.9 Å². The molecule has 5 rings (SSSR count). The van der Waals surface area contributed by atoms with E-state index in [9.17, 15) is 4.79 Å². The fourth-order valence-electron chi connectivity index (χ4n) is 4.70. The number of carbonyl (C=O) groups is 1. The molecule has 146 valence electrons. The molecule has 2 aliphatic heterocycles. The number of ether oxygens (including phenoxy) is 2. The number of methoxy groups -OCH3 is 1. The second-order valence-corrected chi connectivity index (χ2v) is 8.06. The van der Waals surface area contributed by atoms with E-state index in [4.69, 9.17) is 14.5 Å². The van der Waals surface area contributed by atoms with Gasteiger partial charge >= 0.3 is 5.97 Å². The molecule has 2 aliphatic rings. The Morgan fingerprint density at radius 3 is 2.59 bits per heavy atom. The second-order valence-electron chi connectivity index (χ2n) is 8.06. The lowest BCUT2D eigenvalue weighted by atomic mass is 9.77. The van der Waals surface area contributed by atoms with E-state index in [1.165, 1.54) is 12.7 Å². The second kappa shape index (κ2) is 5.83. The molecule has 1 unspecified atom stereocenters. The van der Waals surface area contributed by atoms with Crippen LogP contribution in [0, 0.1) is 0 Å². The molecule has 1 spiro atoms. The third-order valence-corrected chi connectivity index (χ3v) is 6.37. The van der Waals surface area contributed by atoms with Crippen molar-refractivity contribution in [1.29, 1.82) is 0 Å². The van der Waals surface area contributed by atoms with Crippen LogP contribution in [0.15, 0.2) is 59.6 Å². The maximum absolute atomic E-state index is 12.2. The zero-order chi connectivity index (χ0) is 20.4. The van der Waals surface area contributed by atoms with Gasteiger partial charge in [0, 0.05) is 18.1 Å². The minimum atomic E-state index is -0.725. The van der Waals surface area contributed by atoms with Crippen molar-refractivity contribution in [2.24, 2.45) is 4.99 Å². The number of hydrogen-bond acceptors (Lipinski definition) is 5. The molecule has 5 nitrogen and oxygen atoms in total. The van der Waals surface area contributed by atoms with Gasteiger partial charge in [-0.25, -0.2) is 4.79 Å². The molecule has 0 fully saturated rings. The molecule has 5 heteroatoms. The molecule has 0 N–H and O–H groups in total. The van der Waals surface area contributed by atoms with E-state index >= 15 is 0 Å². The fourth-order valence-corrected chi connectivity index (χ4v) is 4.70. The Morgan fingerprint density at radius 1 is 1.03 bits per heavy atom. The van der Waals surface area contributed by atoms with Gasteiger partial charge in [-0.05, 0) is 49.1 Å². The summed E-state index contributed by atoms with van der Waals surface area (Å²) in [5.41, 5.74) is 2.60. The molecule has 0 amide bonds. The van der Waals surface area contributed by atoms with Gasteiger partial charge in [0.1, 0.15) is 11.4 Å². The van der Waals surface area contributed by atoms with Crippen molar-refractivity contribution in [2.45, 2.75) is 25.0 Å². The molecule has 0 aromatic heterocycles. The number of esters is 1. The highest BCUT2D eigenvalue weighted by Crippen LogP contribution is 2.54. The van der Waals surface area contributed by atoms with Gasteiger partial charge in [0.15, 0.2) is 0 Å². The van der Waals surface area contributed by atoms with E-state index in [1.54, 1.807) is 6.07 Å². The van der Waals surface area contributed by atoms with Gasteiger partial charge in [0.25, 0.3) is 0 Å². The minimum Gasteiger partial charge on any atom is -0.465 e. The number of benzene rings is 3. The zero-order valence-electron chi connectivity index (χ0n) is 16.9. The van der Waals surface area contributed by atoms with Crippen molar-refractivity contribution in [1.82, 2.24) is 0 Å². The Hall–Kier alpha value is -3.34. The molecule has 2 heterocycles. The molecule has 3 aromatic rings. The van der Waals surface area contributed by atoms with Crippen molar-refractivity contribution in [2.75, 3.05) is 19.1 Å². The molecule has 0 saturated carbocycles. The molecule has 0 saturated heterocycles. The fraction of sp³-hybridized carbons (Fsp3) is 0.250. The van der Waals surface area contributed by atoms with Gasteiger partial charge in [0.05, 0.1) is 24.3 Å². The van der Waals surface area contributed by atoms with Crippen molar-refractivity contribution >= 4 is 34.3 Å². The number of nitrogens with zero attached hydrogens (tertiary/aromatic N) is 2. The first-order valence-corrected chi connectivity index (χ1v) is 9.62. The zero-order valence-corrected chi connectivity index (χ0v) is 16.9. The smallest absolute Gasteiger partial charge is 0.338 e. The van der Waals surface area contributed by atoms with Crippen LogP contribution in [0.3, 0.4) is 0 Å². The predicted octanol–water partition coefficient (Wildman–Crippen LogP) is 4.85. The van der Waals surface area contributed by atoms with Crippen molar-refractivity contribution in [3.05, 3.63) is 65.7 Å². The summed E-state index contributed by atoms with van der Waals surface area (Å²) < 4.78 is 11.6. The van der Waals surface area contributed by atoms with Crippen molar-refractivity contribution < 1.29 is 14.3 Å². The Kier molecular flexibility index (Phi) is 3.57. The number of hydrogen-bond donors (Lipinski definition) is 0. The summed E-state index contributed by atoms with van der Waals surface area (Å²) in [5, 5.41) is 1.67. The van der Waals surface area contributed by atoms with Crippen LogP contribution in [0.2, 0.25) is 0 Å². The van der Waals surface area contributed by atoms with Gasteiger partial charge in [0.2, 0.25) is 5.72 Å². The topological polar surface area (TPSA) is 51.1 Å². The predicted molar refractivity (Wildman–Crippen MR) is 115 cm³/mol. The normalized spacial score (nSPS) is 21.0. The molecule has 0 bridgehead atoms. The number of aliphatic imine (C=N–C) groups is 1. The van der Waals surface area contributed by atoms with Gasteiger partial charge in [-0.15, -0.1) is 0 Å². The van der Waals surface area contributed by atoms with Gasteiger partial charge in [-0.1, -0.05) is 30.3 Å². The van der Waals surface area contributed by atoms with E-state index in [1.807, 2.05) is 43.6 Å². The summed E-state index contributed by atoms with van der Waals surface area (Å²) >= 11 is 0. The van der Waals surface area contributed by atoms with Crippen LogP contribution >= 0.6 is 0 Å². The lowest BCUT2D eigenvalue weighted by Gasteiger charge is -2.45. The number of rotatable bonds is 1. The van der Waals surface area contributed by atoms with E-state index in [-0.39, 0.29) is 11.4 Å². The first-order chi connectivity index (χ1) is 13.9. The summed E-state index contributed by atoms with van der Waals surface area (Å²) in [6.45, 7) is 4.37. The maximum atomic E-state index is 12.2. The van der Waals surface area contributed by atoms with Crippen LogP contribution in [0.25, 0.3) is 10.8 Å². The highest BCUT2D eigenvalue weighted by atomic mass is 16.5. The number of carbonyl (C=O) groups excluding carboxylic acids is 1. The first-order valence-electron chi connectivity index (χ1n) is 9.62. The van der Waals surface area contributed by atoms with Crippen LogP contribution in [-0.2, 0) is 10.2 Å².